The quantitative estimate of drug-likeness (QED) is 0.827. The third-order valence-electron chi connectivity index (χ3n) is 3.94. The van der Waals surface area contributed by atoms with Crippen LogP contribution in [0.5, 0.6) is 0 Å². The molecule has 0 radical (unpaired) electrons. The molecule has 1 aliphatic rings. The summed E-state index contributed by atoms with van der Waals surface area (Å²) in [5.74, 6) is 0.259. The number of carbonyl (C=O) groups is 2. The molecule has 0 aromatic carbocycles. The molecule has 4 nitrogen and oxygen atoms in total. The molecule has 1 N–H and O–H groups in total. The van der Waals surface area contributed by atoms with Crippen molar-refractivity contribution in [1.29, 1.82) is 0 Å². The molecule has 2 rings (SSSR count). The van der Waals surface area contributed by atoms with E-state index >= 15 is 0 Å². The van der Waals surface area contributed by atoms with Gasteiger partial charge in [0, 0.05) is 11.3 Å². The maximum absolute atomic E-state index is 12.4. The fourth-order valence-electron chi connectivity index (χ4n) is 2.91. The predicted molar refractivity (Wildman–Crippen MR) is 94.2 cm³/mol. The van der Waals surface area contributed by atoms with E-state index in [0.29, 0.717) is 29.5 Å². The van der Waals surface area contributed by atoms with Crippen LogP contribution in [-0.2, 0) is 22.4 Å². The van der Waals surface area contributed by atoms with Gasteiger partial charge in [-0.2, -0.15) is 0 Å². The number of ether oxygens (including phenoxy) is 1. The lowest BCUT2D eigenvalue weighted by Gasteiger charge is -2.18. The van der Waals surface area contributed by atoms with Crippen LogP contribution in [0, 0.1) is 11.3 Å². The van der Waals surface area contributed by atoms with Gasteiger partial charge in [0.15, 0.2) is 0 Å². The first kappa shape index (κ1) is 18.0. The Morgan fingerprint density at radius 2 is 2.04 bits per heavy atom. The Hall–Kier alpha value is -1.36. The van der Waals surface area contributed by atoms with Crippen LogP contribution >= 0.6 is 11.3 Å². The Balaban J connectivity index is 2.30. The van der Waals surface area contributed by atoms with Crippen LogP contribution in [0.25, 0.3) is 0 Å². The number of esters is 1. The first-order valence-corrected chi connectivity index (χ1v) is 9.14. The third-order valence-corrected chi connectivity index (χ3v) is 5.10. The first-order valence-electron chi connectivity index (χ1n) is 8.32. The van der Waals surface area contributed by atoms with Gasteiger partial charge in [-0.05, 0) is 43.1 Å². The average molecular weight is 337 g/mol. The molecular weight excluding hydrogens is 310 g/mol. The van der Waals surface area contributed by atoms with Crippen LogP contribution in [0.3, 0.4) is 0 Å². The van der Waals surface area contributed by atoms with Crippen molar-refractivity contribution in [3.63, 3.8) is 0 Å². The van der Waals surface area contributed by atoms with E-state index in [0.717, 1.165) is 24.8 Å². The largest absolute Gasteiger partial charge is 0.462 e. The summed E-state index contributed by atoms with van der Waals surface area (Å²) in [5.41, 5.74) is 1.58. The number of nitrogens with one attached hydrogen (secondary N) is 1. The Morgan fingerprint density at radius 1 is 1.35 bits per heavy atom. The van der Waals surface area contributed by atoms with Crippen LogP contribution in [0.1, 0.15) is 68.3 Å². The lowest BCUT2D eigenvalue weighted by atomic mass is 9.88. The molecule has 128 valence electrons. The third kappa shape index (κ3) is 4.56. The van der Waals surface area contributed by atoms with Gasteiger partial charge >= 0.3 is 5.97 Å². The molecule has 1 aromatic heterocycles. The summed E-state index contributed by atoms with van der Waals surface area (Å²) in [6.07, 6.45) is 3.36. The minimum Gasteiger partial charge on any atom is -0.462 e. The number of thiophene rings is 1. The van der Waals surface area contributed by atoms with Gasteiger partial charge < -0.3 is 10.1 Å². The minimum absolute atomic E-state index is 0.0466. The van der Waals surface area contributed by atoms with Crippen LogP contribution in [0.2, 0.25) is 0 Å². The fourth-order valence-corrected chi connectivity index (χ4v) is 4.33. The zero-order valence-corrected chi connectivity index (χ0v) is 15.6. The highest BCUT2D eigenvalue weighted by atomic mass is 32.1. The number of fused-ring (bicyclic) bond motifs is 1. The van der Waals surface area contributed by atoms with Crippen molar-refractivity contribution in [2.45, 2.75) is 60.3 Å². The van der Waals surface area contributed by atoms with E-state index in [1.807, 2.05) is 20.8 Å². The molecule has 5 heteroatoms. The molecule has 1 aliphatic carbocycles. The molecule has 1 amide bonds. The Morgan fingerprint density at radius 3 is 2.65 bits per heavy atom. The number of amides is 1. The second kappa shape index (κ2) is 7.04. The van der Waals surface area contributed by atoms with E-state index < -0.39 is 0 Å². The summed E-state index contributed by atoms with van der Waals surface area (Å²) >= 11 is 1.54. The van der Waals surface area contributed by atoms with Gasteiger partial charge in [0.2, 0.25) is 5.91 Å². The Kier molecular flexibility index (Phi) is 5.50. The van der Waals surface area contributed by atoms with Crippen molar-refractivity contribution < 1.29 is 14.3 Å². The number of anilines is 1. The van der Waals surface area contributed by atoms with Crippen LogP contribution < -0.4 is 5.32 Å². The summed E-state index contributed by atoms with van der Waals surface area (Å²) in [7, 11) is 0. The van der Waals surface area contributed by atoms with E-state index in [2.05, 4.69) is 12.2 Å². The molecule has 1 atom stereocenters. The summed E-state index contributed by atoms with van der Waals surface area (Å²) in [4.78, 5) is 25.9. The van der Waals surface area contributed by atoms with E-state index in [4.69, 9.17) is 4.74 Å². The SMILES string of the molecule is CCOC(=O)c1c(NC(=O)CC(C)(C)C)sc2c1CCC(C)C2. The summed E-state index contributed by atoms with van der Waals surface area (Å²) in [6, 6.07) is 0. The predicted octanol–water partition coefficient (Wildman–Crippen LogP) is 4.42. The molecule has 0 aliphatic heterocycles. The zero-order chi connectivity index (χ0) is 17.2. The van der Waals surface area contributed by atoms with E-state index in [-0.39, 0.29) is 17.3 Å². The average Bonchev–Trinajstić information content (AvgIpc) is 2.73. The molecule has 1 unspecified atom stereocenters. The minimum atomic E-state index is -0.314. The van der Waals surface area contributed by atoms with Crippen molar-refractivity contribution in [3.05, 3.63) is 16.0 Å². The van der Waals surface area contributed by atoms with E-state index in [1.165, 1.54) is 4.88 Å². The zero-order valence-electron chi connectivity index (χ0n) is 14.7. The standard InChI is InChI=1S/C18H27NO3S/c1-6-22-17(21)15-12-8-7-11(2)9-13(12)23-16(15)19-14(20)10-18(3,4)5/h11H,6-10H2,1-5H3,(H,19,20). The number of hydrogen-bond acceptors (Lipinski definition) is 4. The molecule has 23 heavy (non-hydrogen) atoms. The monoisotopic (exact) mass is 337 g/mol. The first-order chi connectivity index (χ1) is 10.7. The number of carbonyl (C=O) groups excluding carboxylic acids is 2. The van der Waals surface area contributed by atoms with Crippen molar-refractivity contribution in [3.8, 4) is 0 Å². The summed E-state index contributed by atoms with van der Waals surface area (Å²) in [5, 5.41) is 3.62. The van der Waals surface area contributed by atoms with Gasteiger partial charge in [0.25, 0.3) is 0 Å². The maximum Gasteiger partial charge on any atom is 0.341 e. The van der Waals surface area contributed by atoms with Crippen molar-refractivity contribution in [2.75, 3.05) is 11.9 Å². The van der Waals surface area contributed by atoms with Gasteiger partial charge in [-0.25, -0.2) is 4.79 Å². The smallest absolute Gasteiger partial charge is 0.341 e. The number of rotatable bonds is 4. The van der Waals surface area contributed by atoms with Gasteiger partial charge in [-0.1, -0.05) is 27.7 Å². The molecule has 0 bridgehead atoms. The van der Waals surface area contributed by atoms with Crippen LogP contribution in [0.15, 0.2) is 0 Å². The highest BCUT2D eigenvalue weighted by molar-refractivity contribution is 7.17. The van der Waals surface area contributed by atoms with Crippen molar-refractivity contribution in [2.24, 2.45) is 11.3 Å². The molecule has 0 saturated heterocycles. The van der Waals surface area contributed by atoms with Crippen molar-refractivity contribution >= 4 is 28.2 Å². The number of hydrogen-bond donors (Lipinski definition) is 1. The molecular formula is C18H27NO3S. The molecule has 0 spiro atoms. The fraction of sp³-hybridized carbons (Fsp3) is 0.667. The summed E-state index contributed by atoms with van der Waals surface area (Å²) in [6.45, 7) is 10.5. The second-order valence-electron chi connectivity index (χ2n) is 7.56. The Labute approximate surface area is 142 Å². The van der Waals surface area contributed by atoms with Crippen molar-refractivity contribution in [1.82, 2.24) is 0 Å². The lowest BCUT2D eigenvalue weighted by Crippen LogP contribution is -2.21. The van der Waals surface area contributed by atoms with E-state index in [1.54, 1.807) is 18.3 Å². The van der Waals surface area contributed by atoms with Gasteiger partial charge in [-0.3, -0.25) is 4.79 Å². The topological polar surface area (TPSA) is 55.4 Å². The van der Waals surface area contributed by atoms with Gasteiger partial charge in [0.1, 0.15) is 5.00 Å². The second-order valence-corrected chi connectivity index (χ2v) is 8.67. The van der Waals surface area contributed by atoms with E-state index in [9.17, 15) is 9.59 Å². The highest BCUT2D eigenvalue weighted by Crippen LogP contribution is 2.40. The molecule has 0 saturated carbocycles. The Bertz CT molecular complexity index is 598. The molecule has 1 aromatic rings. The molecule has 1 heterocycles. The van der Waals surface area contributed by atoms with Crippen LogP contribution in [-0.4, -0.2) is 18.5 Å². The lowest BCUT2D eigenvalue weighted by molar-refractivity contribution is -0.117. The highest BCUT2D eigenvalue weighted by Gasteiger charge is 2.29. The normalized spacial score (nSPS) is 17.5. The van der Waals surface area contributed by atoms with Crippen LogP contribution in [0.4, 0.5) is 5.00 Å². The van der Waals surface area contributed by atoms with Gasteiger partial charge in [0.05, 0.1) is 12.2 Å². The maximum atomic E-state index is 12.4. The molecule has 0 fully saturated rings. The van der Waals surface area contributed by atoms with Gasteiger partial charge in [-0.15, -0.1) is 11.3 Å². The summed E-state index contributed by atoms with van der Waals surface area (Å²) < 4.78 is 5.22.